The average Bonchev–Trinajstić information content (AvgIpc) is 2.39. The molecule has 0 N–H and O–H groups in total. The van der Waals surface area contributed by atoms with E-state index in [9.17, 15) is 18.4 Å². The monoisotopic (exact) mass is 398 g/mol. The van der Waals surface area contributed by atoms with E-state index in [1.165, 1.54) is 0 Å². The van der Waals surface area contributed by atoms with Crippen LogP contribution >= 0.6 is 31.9 Å². The van der Waals surface area contributed by atoms with Crippen molar-refractivity contribution < 1.29 is 23.1 Å². The molecule has 0 saturated heterocycles. The van der Waals surface area contributed by atoms with Crippen molar-refractivity contribution in [3.05, 3.63) is 35.4 Å². The first kappa shape index (κ1) is 16.2. The van der Waals surface area contributed by atoms with Gasteiger partial charge in [-0.05, 0) is 25.1 Å². The van der Waals surface area contributed by atoms with Crippen molar-refractivity contribution >= 4 is 43.6 Å². The van der Waals surface area contributed by atoms with Crippen molar-refractivity contribution in [2.45, 2.75) is 16.6 Å². The maximum absolute atomic E-state index is 13.0. The van der Waals surface area contributed by atoms with Gasteiger partial charge in [-0.2, -0.15) is 0 Å². The summed E-state index contributed by atoms with van der Waals surface area (Å²) in [5, 5.41) is 0. The summed E-state index contributed by atoms with van der Waals surface area (Å²) >= 11 is 6.08. The molecule has 0 amide bonds. The molecule has 0 bridgehead atoms. The standard InChI is InChI=1S/C12H10Br2F2O3/c1-2-19-12(18)10(14)9(13)11(17)6-3-4-7(15)8(16)5-6/h3-5,9-10H,2H2,1H3. The molecule has 0 radical (unpaired) electrons. The van der Waals surface area contributed by atoms with E-state index in [2.05, 4.69) is 31.9 Å². The number of ketones is 1. The molecule has 0 aromatic heterocycles. The molecule has 2 unspecified atom stereocenters. The minimum atomic E-state index is -1.12. The molecule has 0 spiro atoms. The molecule has 1 aromatic rings. The zero-order valence-corrected chi connectivity index (χ0v) is 13.0. The van der Waals surface area contributed by atoms with Crippen LogP contribution in [0.4, 0.5) is 8.78 Å². The Morgan fingerprint density at radius 3 is 2.37 bits per heavy atom. The fourth-order valence-electron chi connectivity index (χ4n) is 1.28. The maximum Gasteiger partial charge on any atom is 0.321 e. The second-order valence-electron chi connectivity index (χ2n) is 3.55. The maximum atomic E-state index is 13.0. The van der Waals surface area contributed by atoms with Crippen LogP contribution in [0.5, 0.6) is 0 Å². The fourth-order valence-corrected chi connectivity index (χ4v) is 2.14. The molecule has 0 saturated carbocycles. The van der Waals surface area contributed by atoms with Crippen molar-refractivity contribution in [2.75, 3.05) is 6.61 Å². The Kier molecular flexibility index (Phi) is 6.06. The summed E-state index contributed by atoms with van der Waals surface area (Å²) in [7, 11) is 0. The number of benzene rings is 1. The van der Waals surface area contributed by atoms with E-state index in [1.807, 2.05) is 0 Å². The van der Waals surface area contributed by atoms with Crippen LogP contribution in [-0.2, 0) is 9.53 Å². The first-order valence-electron chi connectivity index (χ1n) is 5.32. The van der Waals surface area contributed by atoms with Gasteiger partial charge < -0.3 is 4.74 Å². The van der Waals surface area contributed by atoms with E-state index in [4.69, 9.17) is 4.74 Å². The Hall–Kier alpha value is -0.820. The number of alkyl halides is 2. The number of halogens is 4. The van der Waals surface area contributed by atoms with Gasteiger partial charge >= 0.3 is 5.97 Å². The van der Waals surface area contributed by atoms with E-state index >= 15 is 0 Å². The van der Waals surface area contributed by atoms with Crippen molar-refractivity contribution in [3.8, 4) is 0 Å². The highest BCUT2D eigenvalue weighted by atomic mass is 79.9. The highest BCUT2D eigenvalue weighted by Gasteiger charge is 2.31. The van der Waals surface area contributed by atoms with Crippen molar-refractivity contribution in [3.63, 3.8) is 0 Å². The number of ether oxygens (including phenoxy) is 1. The van der Waals surface area contributed by atoms with Gasteiger partial charge in [0.15, 0.2) is 17.4 Å². The first-order valence-corrected chi connectivity index (χ1v) is 7.15. The molecule has 7 heteroatoms. The third kappa shape index (κ3) is 4.07. The summed E-state index contributed by atoms with van der Waals surface area (Å²) in [4.78, 5) is 21.6. The SMILES string of the molecule is CCOC(=O)C(Br)C(Br)C(=O)c1ccc(F)c(F)c1. The summed E-state index contributed by atoms with van der Waals surface area (Å²) < 4.78 is 30.6. The van der Waals surface area contributed by atoms with Gasteiger partial charge in [0.1, 0.15) is 9.65 Å². The summed E-state index contributed by atoms with van der Waals surface area (Å²) in [6, 6.07) is 2.80. The number of hydrogen-bond donors (Lipinski definition) is 0. The number of carbonyl (C=O) groups is 2. The summed E-state index contributed by atoms with van der Waals surface area (Å²) in [6.45, 7) is 1.82. The Balaban J connectivity index is 2.87. The number of carbonyl (C=O) groups excluding carboxylic acids is 2. The van der Waals surface area contributed by atoms with E-state index in [0.717, 1.165) is 18.2 Å². The van der Waals surface area contributed by atoms with Gasteiger partial charge in [-0.25, -0.2) is 8.78 Å². The molecule has 3 nitrogen and oxygen atoms in total. The fraction of sp³-hybridized carbons (Fsp3) is 0.333. The van der Waals surface area contributed by atoms with Gasteiger partial charge in [0.2, 0.25) is 0 Å². The predicted molar refractivity (Wildman–Crippen MR) is 72.8 cm³/mol. The Morgan fingerprint density at radius 1 is 1.21 bits per heavy atom. The van der Waals surface area contributed by atoms with Gasteiger partial charge in [-0.3, -0.25) is 9.59 Å². The molecule has 104 valence electrons. The smallest absolute Gasteiger partial charge is 0.321 e. The lowest BCUT2D eigenvalue weighted by atomic mass is 10.1. The van der Waals surface area contributed by atoms with E-state index < -0.39 is 33.0 Å². The van der Waals surface area contributed by atoms with Crippen LogP contribution in [0.2, 0.25) is 0 Å². The second-order valence-corrected chi connectivity index (χ2v) is 5.52. The molecule has 1 rings (SSSR count). The number of Topliss-reactive ketones (excluding diaryl/α,β-unsaturated/α-hetero) is 1. The van der Waals surface area contributed by atoms with Gasteiger partial charge in [0, 0.05) is 5.56 Å². The minimum absolute atomic E-state index is 0.0328. The number of rotatable bonds is 5. The lowest BCUT2D eigenvalue weighted by Crippen LogP contribution is -2.32. The van der Waals surface area contributed by atoms with Gasteiger partial charge in [0.25, 0.3) is 0 Å². The third-order valence-electron chi connectivity index (χ3n) is 2.22. The first-order chi connectivity index (χ1) is 8.88. The minimum Gasteiger partial charge on any atom is -0.465 e. The van der Waals surface area contributed by atoms with E-state index in [-0.39, 0.29) is 12.2 Å². The molecule has 19 heavy (non-hydrogen) atoms. The van der Waals surface area contributed by atoms with Crippen molar-refractivity contribution in [1.29, 1.82) is 0 Å². The summed E-state index contributed by atoms with van der Waals surface area (Å²) in [5.74, 6) is -3.31. The highest BCUT2D eigenvalue weighted by molar-refractivity contribution is 9.12. The second kappa shape index (κ2) is 7.09. The quantitative estimate of drug-likeness (QED) is 0.433. The van der Waals surface area contributed by atoms with Crippen LogP contribution in [0, 0.1) is 11.6 Å². The van der Waals surface area contributed by atoms with Crippen molar-refractivity contribution in [1.82, 2.24) is 0 Å². The van der Waals surface area contributed by atoms with E-state index in [1.54, 1.807) is 6.92 Å². The largest absolute Gasteiger partial charge is 0.465 e. The van der Waals surface area contributed by atoms with Crippen LogP contribution in [0.25, 0.3) is 0 Å². The van der Waals surface area contributed by atoms with E-state index in [0.29, 0.717) is 0 Å². The molecule has 2 atom stereocenters. The average molecular weight is 400 g/mol. The molecule has 1 aromatic carbocycles. The summed E-state index contributed by atoms with van der Waals surface area (Å²) in [5.41, 5.74) is -0.0328. The Morgan fingerprint density at radius 2 is 1.84 bits per heavy atom. The molecule has 0 aliphatic rings. The summed E-state index contributed by atoms with van der Waals surface area (Å²) in [6.07, 6.45) is 0. The van der Waals surface area contributed by atoms with Crippen LogP contribution in [0.3, 0.4) is 0 Å². The Bertz CT molecular complexity index is 494. The molecular formula is C12H10Br2F2O3. The van der Waals surface area contributed by atoms with Crippen LogP contribution in [-0.4, -0.2) is 28.0 Å². The van der Waals surface area contributed by atoms with Gasteiger partial charge in [-0.1, -0.05) is 31.9 Å². The lowest BCUT2D eigenvalue weighted by molar-refractivity contribution is -0.142. The van der Waals surface area contributed by atoms with Gasteiger partial charge in [0.05, 0.1) is 6.61 Å². The third-order valence-corrected chi connectivity index (χ3v) is 4.78. The molecule has 0 heterocycles. The number of hydrogen-bond acceptors (Lipinski definition) is 3. The Labute approximate surface area is 125 Å². The molecular weight excluding hydrogens is 390 g/mol. The van der Waals surface area contributed by atoms with Crippen LogP contribution in [0.15, 0.2) is 18.2 Å². The lowest BCUT2D eigenvalue weighted by Gasteiger charge is -2.14. The predicted octanol–water partition coefficient (Wildman–Crippen LogP) is 3.24. The van der Waals surface area contributed by atoms with Crippen molar-refractivity contribution in [2.24, 2.45) is 0 Å². The van der Waals surface area contributed by atoms with Crippen LogP contribution < -0.4 is 0 Å². The zero-order chi connectivity index (χ0) is 14.6. The van der Waals surface area contributed by atoms with Gasteiger partial charge in [-0.15, -0.1) is 0 Å². The number of esters is 1. The molecule has 0 fully saturated rings. The topological polar surface area (TPSA) is 43.4 Å². The molecule has 0 aliphatic carbocycles. The highest BCUT2D eigenvalue weighted by Crippen LogP contribution is 2.21. The molecule has 0 aliphatic heterocycles. The normalized spacial score (nSPS) is 13.7. The van der Waals surface area contributed by atoms with Crippen LogP contribution in [0.1, 0.15) is 17.3 Å². The zero-order valence-electron chi connectivity index (χ0n) is 9.83.